The lowest BCUT2D eigenvalue weighted by atomic mass is 10.1. The number of hydrogen-bond acceptors (Lipinski definition) is 3. The van der Waals surface area contributed by atoms with Crippen LogP contribution in [0.3, 0.4) is 0 Å². The summed E-state index contributed by atoms with van der Waals surface area (Å²) in [6.45, 7) is 3.96. The van der Waals surface area contributed by atoms with Gasteiger partial charge in [-0.2, -0.15) is 0 Å². The van der Waals surface area contributed by atoms with Crippen LogP contribution in [0.1, 0.15) is 142 Å². The second kappa shape index (κ2) is 40.2. The number of carbonyl (C=O) groups excluding carboxylic acids is 1. The summed E-state index contributed by atoms with van der Waals surface area (Å²) in [6, 6.07) is -0.632. The maximum Gasteiger partial charge on any atom is 0.220 e. The van der Waals surface area contributed by atoms with Crippen LogP contribution in [0.4, 0.5) is 0 Å². The summed E-state index contributed by atoms with van der Waals surface area (Å²) in [6.07, 6.45) is 63.6. The number of nitrogens with one attached hydrogen (secondary N) is 1. The number of hydrogen-bond donors (Lipinski definition) is 3. The molecule has 1 amide bonds. The molecule has 2 unspecified atom stereocenters. The summed E-state index contributed by atoms with van der Waals surface area (Å²) in [5.74, 6) is -0.0954. The van der Waals surface area contributed by atoms with Gasteiger partial charge in [0.05, 0.1) is 18.8 Å². The van der Waals surface area contributed by atoms with Crippen LogP contribution >= 0.6 is 0 Å². The van der Waals surface area contributed by atoms with Crippen LogP contribution in [0, 0.1) is 0 Å². The van der Waals surface area contributed by atoms with Gasteiger partial charge in [-0.05, 0) is 83.5 Å². The van der Waals surface area contributed by atoms with Crippen molar-refractivity contribution in [3.8, 4) is 0 Å². The van der Waals surface area contributed by atoms with Crippen LogP contribution in [0.5, 0.6) is 0 Å². The number of amides is 1. The third-order valence-electron chi connectivity index (χ3n) is 7.93. The Kier molecular flexibility index (Phi) is 37.6. The van der Waals surface area contributed by atoms with E-state index in [1.165, 1.54) is 25.7 Å². The quantitative estimate of drug-likeness (QED) is 0.0475. The first-order valence-electron chi connectivity index (χ1n) is 19.7. The van der Waals surface area contributed by atoms with Gasteiger partial charge in [-0.25, -0.2) is 0 Å². The molecular weight excluding hydrogens is 615 g/mol. The van der Waals surface area contributed by atoms with Crippen molar-refractivity contribution in [3.63, 3.8) is 0 Å². The molecule has 4 nitrogen and oxygen atoms in total. The molecular formula is C46H73NO3. The molecule has 0 bridgehead atoms. The molecule has 0 aliphatic rings. The first-order chi connectivity index (χ1) is 24.7. The molecule has 0 spiro atoms. The largest absolute Gasteiger partial charge is 0.394 e. The van der Waals surface area contributed by atoms with E-state index in [-0.39, 0.29) is 12.5 Å². The summed E-state index contributed by atoms with van der Waals surface area (Å²) < 4.78 is 0. The molecule has 4 heteroatoms. The zero-order valence-corrected chi connectivity index (χ0v) is 31.9. The Bertz CT molecular complexity index is 1050. The molecule has 0 aromatic carbocycles. The van der Waals surface area contributed by atoms with Crippen molar-refractivity contribution in [3.05, 3.63) is 122 Å². The lowest BCUT2D eigenvalue weighted by Gasteiger charge is -2.19. The van der Waals surface area contributed by atoms with E-state index in [1.54, 1.807) is 6.08 Å². The van der Waals surface area contributed by atoms with Gasteiger partial charge in [0.2, 0.25) is 5.91 Å². The standard InChI is InChI=1S/C46H73NO3/c1-3-5-7-8-9-10-11-12-13-14-15-16-17-18-19-20-21-22-23-24-25-26-27-28-29-30-31-32-33-34-35-36-37-38-40-42-46(50)47-44(43-48)45(49)41-39-6-4-2/h5,7,9-10,12-13,15-16,18-19,21-22,24-25,27-28,30-31,39,41,44-45,48-49H,3-4,6,8,11,14,17,20,23,26,29,32-38,40,42-43H2,1-2H3,(H,47,50)/b7-5-,10-9-,13-12-,16-15-,19-18-,22-21-,25-24-,28-27-,31-30-,41-39+. The summed E-state index contributed by atoms with van der Waals surface area (Å²) in [4.78, 5) is 12.1. The molecule has 0 aromatic rings. The summed E-state index contributed by atoms with van der Waals surface area (Å²) in [7, 11) is 0. The lowest BCUT2D eigenvalue weighted by Crippen LogP contribution is -2.45. The van der Waals surface area contributed by atoms with Crippen LogP contribution in [-0.2, 0) is 4.79 Å². The normalized spacial score (nSPS) is 14.4. The highest BCUT2D eigenvalue weighted by atomic mass is 16.3. The van der Waals surface area contributed by atoms with E-state index in [1.807, 2.05) is 6.08 Å². The third kappa shape index (κ3) is 36.1. The Morgan fingerprint density at radius 3 is 1.28 bits per heavy atom. The molecule has 0 rings (SSSR count). The molecule has 0 aliphatic carbocycles. The second-order valence-corrected chi connectivity index (χ2v) is 12.6. The predicted molar refractivity (Wildman–Crippen MR) is 220 cm³/mol. The molecule has 0 heterocycles. The molecule has 0 aliphatic heterocycles. The van der Waals surface area contributed by atoms with Crippen molar-refractivity contribution in [2.24, 2.45) is 0 Å². The fourth-order valence-corrected chi connectivity index (χ4v) is 4.94. The van der Waals surface area contributed by atoms with E-state index in [0.29, 0.717) is 6.42 Å². The van der Waals surface area contributed by atoms with E-state index in [9.17, 15) is 15.0 Å². The van der Waals surface area contributed by atoms with Gasteiger partial charge in [0, 0.05) is 6.42 Å². The van der Waals surface area contributed by atoms with E-state index in [4.69, 9.17) is 0 Å². The van der Waals surface area contributed by atoms with Crippen LogP contribution < -0.4 is 5.32 Å². The smallest absolute Gasteiger partial charge is 0.220 e. The van der Waals surface area contributed by atoms with Gasteiger partial charge in [-0.3, -0.25) is 4.79 Å². The molecule has 0 saturated heterocycles. The maximum absolute atomic E-state index is 12.1. The van der Waals surface area contributed by atoms with Crippen molar-refractivity contribution >= 4 is 5.91 Å². The number of allylic oxidation sites excluding steroid dienone is 19. The Morgan fingerprint density at radius 1 is 0.500 bits per heavy atom. The first kappa shape index (κ1) is 46.8. The number of rotatable bonds is 33. The number of aliphatic hydroxyl groups is 2. The monoisotopic (exact) mass is 688 g/mol. The van der Waals surface area contributed by atoms with Gasteiger partial charge in [-0.15, -0.1) is 0 Å². The third-order valence-corrected chi connectivity index (χ3v) is 7.93. The molecule has 0 fully saturated rings. The van der Waals surface area contributed by atoms with E-state index in [0.717, 1.165) is 96.3 Å². The zero-order valence-electron chi connectivity index (χ0n) is 31.9. The Morgan fingerprint density at radius 2 is 0.880 bits per heavy atom. The molecule has 3 N–H and O–H groups in total. The van der Waals surface area contributed by atoms with Crippen molar-refractivity contribution in [2.75, 3.05) is 6.61 Å². The SMILES string of the molecule is CC/C=C\C/C=C\C/C=C\C/C=C\C/C=C\C/C=C\C/C=C\C/C=C\C/C=C\CCCCCCCCCC(=O)NC(CO)C(O)/C=C/CCC. The Balaban J connectivity index is 3.62. The van der Waals surface area contributed by atoms with E-state index >= 15 is 0 Å². The van der Waals surface area contributed by atoms with Crippen molar-refractivity contribution < 1.29 is 15.0 Å². The van der Waals surface area contributed by atoms with Gasteiger partial charge in [-0.1, -0.05) is 174 Å². The highest BCUT2D eigenvalue weighted by molar-refractivity contribution is 5.76. The van der Waals surface area contributed by atoms with E-state index < -0.39 is 12.1 Å². The number of unbranched alkanes of at least 4 members (excludes halogenated alkanes) is 8. The van der Waals surface area contributed by atoms with E-state index in [2.05, 4.69) is 129 Å². The summed E-state index contributed by atoms with van der Waals surface area (Å²) in [5.41, 5.74) is 0. The molecule has 0 saturated carbocycles. The van der Waals surface area contributed by atoms with Crippen LogP contribution in [0.2, 0.25) is 0 Å². The molecule has 0 radical (unpaired) electrons. The van der Waals surface area contributed by atoms with Gasteiger partial charge in [0.25, 0.3) is 0 Å². The molecule has 280 valence electrons. The fraction of sp³-hybridized carbons (Fsp3) is 0.543. The van der Waals surface area contributed by atoms with Gasteiger partial charge < -0.3 is 15.5 Å². The maximum atomic E-state index is 12.1. The highest BCUT2D eigenvalue weighted by Crippen LogP contribution is 2.11. The predicted octanol–water partition coefficient (Wildman–Crippen LogP) is 12.2. The Labute approximate surface area is 308 Å². The van der Waals surface area contributed by atoms with Gasteiger partial charge >= 0.3 is 0 Å². The van der Waals surface area contributed by atoms with Crippen LogP contribution in [-0.4, -0.2) is 34.9 Å². The van der Waals surface area contributed by atoms with Crippen molar-refractivity contribution in [2.45, 2.75) is 154 Å². The van der Waals surface area contributed by atoms with Gasteiger partial charge in [0.1, 0.15) is 0 Å². The molecule has 50 heavy (non-hydrogen) atoms. The topological polar surface area (TPSA) is 69.6 Å². The minimum absolute atomic E-state index is 0.0954. The summed E-state index contributed by atoms with van der Waals surface area (Å²) in [5, 5.41) is 22.3. The first-order valence-corrected chi connectivity index (χ1v) is 19.7. The van der Waals surface area contributed by atoms with Crippen LogP contribution in [0.25, 0.3) is 0 Å². The number of aliphatic hydroxyl groups excluding tert-OH is 2. The van der Waals surface area contributed by atoms with Crippen LogP contribution in [0.15, 0.2) is 122 Å². The van der Waals surface area contributed by atoms with Gasteiger partial charge in [0.15, 0.2) is 0 Å². The average molecular weight is 688 g/mol. The highest BCUT2D eigenvalue weighted by Gasteiger charge is 2.17. The minimum Gasteiger partial charge on any atom is -0.394 e. The van der Waals surface area contributed by atoms with Crippen molar-refractivity contribution in [1.82, 2.24) is 5.32 Å². The number of carbonyl (C=O) groups is 1. The minimum atomic E-state index is -0.847. The molecule has 0 aromatic heterocycles. The zero-order chi connectivity index (χ0) is 36.4. The molecule has 2 atom stereocenters. The fourth-order valence-electron chi connectivity index (χ4n) is 4.94. The second-order valence-electron chi connectivity index (χ2n) is 12.6. The average Bonchev–Trinajstić information content (AvgIpc) is 3.12. The van der Waals surface area contributed by atoms with Crippen molar-refractivity contribution in [1.29, 1.82) is 0 Å². The lowest BCUT2D eigenvalue weighted by molar-refractivity contribution is -0.123. The Hall–Kier alpha value is -3.21. The summed E-state index contributed by atoms with van der Waals surface area (Å²) >= 11 is 0.